The second-order valence-corrected chi connectivity index (χ2v) is 6.77. The predicted molar refractivity (Wildman–Crippen MR) is 104 cm³/mol. The van der Waals surface area contributed by atoms with Crippen LogP contribution in [0.15, 0.2) is 36.4 Å². The highest BCUT2D eigenvalue weighted by atomic mass is 35.5. The van der Waals surface area contributed by atoms with Crippen molar-refractivity contribution in [3.05, 3.63) is 52.0 Å². The molecular weight excluding hydrogens is 375 g/mol. The highest BCUT2D eigenvalue weighted by Gasteiger charge is 2.25. The molecule has 138 valence electrons. The number of hydrogen-bond donors (Lipinski definition) is 0. The quantitative estimate of drug-likeness (QED) is 0.786. The van der Waals surface area contributed by atoms with E-state index in [1.807, 2.05) is 23.1 Å². The van der Waals surface area contributed by atoms with Crippen LogP contribution >= 0.6 is 23.2 Å². The van der Waals surface area contributed by atoms with Crippen molar-refractivity contribution in [2.24, 2.45) is 0 Å². The van der Waals surface area contributed by atoms with E-state index in [2.05, 4.69) is 4.90 Å². The van der Waals surface area contributed by atoms with Gasteiger partial charge in [0.2, 0.25) is 0 Å². The number of hydrogen-bond acceptors (Lipinski definition) is 4. The number of carbonyl (C=O) groups excluding carboxylic acids is 1. The third-order valence-electron chi connectivity index (χ3n) is 4.42. The van der Waals surface area contributed by atoms with E-state index >= 15 is 0 Å². The summed E-state index contributed by atoms with van der Waals surface area (Å²) in [6, 6.07) is 10.7. The molecule has 1 amide bonds. The third kappa shape index (κ3) is 3.84. The second kappa shape index (κ2) is 8.06. The van der Waals surface area contributed by atoms with Gasteiger partial charge in [0, 0.05) is 37.8 Å². The molecule has 1 heterocycles. The fourth-order valence-corrected chi connectivity index (χ4v) is 3.67. The standard InChI is InChI=1S/C19H20Cl2N2O3/c1-25-14-10-13(11-15(12-14)26-2)19(24)23-8-6-22(7-9-23)18-16(20)4-3-5-17(18)21/h3-5,10-12H,6-9H2,1-2H3. The van der Waals surface area contributed by atoms with Crippen LogP contribution in [0.25, 0.3) is 0 Å². The van der Waals surface area contributed by atoms with Crippen molar-refractivity contribution in [2.45, 2.75) is 0 Å². The summed E-state index contributed by atoms with van der Waals surface area (Å²) in [5.74, 6) is 1.13. The van der Waals surface area contributed by atoms with Gasteiger partial charge >= 0.3 is 0 Å². The lowest BCUT2D eigenvalue weighted by Crippen LogP contribution is -2.49. The molecule has 1 aliphatic rings. The number of halogens is 2. The van der Waals surface area contributed by atoms with Gasteiger partial charge < -0.3 is 19.3 Å². The lowest BCUT2D eigenvalue weighted by Gasteiger charge is -2.37. The smallest absolute Gasteiger partial charge is 0.254 e. The summed E-state index contributed by atoms with van der Waals surface area (Å²) in [5, 5.41) is 1.24. The number of nitrogens with zero attached hydrogens (tertiary/aromatic N) is 2. The maximum absolute atomic E-state index is 12.9. The Labute approximate surface area is 163 Å². The number of carbonyl (C=O) groups is 1. The van der Waals surface area contributed by atoms with Crippen LogP contribution in [0.1, 0.15) is 10.4 Å². The molecule has 1 saturated heterocycles. The van der Waals surface area contributed by atoms with E-state index in [1.165, 1.54) is 0 Å². The highest BCUT2D eigenvalue weighted by molar-refractivity contribution is 6.39. The summed E-state index contributed by atoms with van der Waals surface area (Å²) in [6.45, 7) is 2.49. The van der Waals surface area contributed by atoms with Crippen LogP contribution in [0.3, 0.4) is 0 Å². The maximum atomic E-state index is 12.9. The Morgan fingerprint density at radius 3 is 1.96 bits per heavy atom. The Morgan fingerprint density at radius 2 is 1.46 bits per heavy atom. The first-order chi connectivity index (χ1) is 12.5. The second-order valence-electron chi connectivity index (χ2n) is 5.95. The van der Waals surface area contributed by atoms with Crippen LogP contribution in [0.2, 0.25) is 10.0 Å². The molecule has 2 aromatic carbocycles. The van der Waals surface area contributed by atoms with Gasteiger partial charge in [0.15, 0.2) is 0 Å². The lowest BCUT2D eigenvalue weighted by molar-refractivity contribution is 0.0746. The normalized spacial score (nSPS) is 14.3. The molecule has 0 saturated carbocycles. The van der Waals surface area contributed by atoms with E-state index in [9.17, 15) is 4.79 Å². The molecule has 3 rings (SSSR count). The van der Waals surface area contributed by atoms with Gasteiger partial charge in [0.25, 0.3) is 5.91 Å². The van der Waals surface area contributed by atoms with Gasteiger partial charge in [-0.1, -0.05) is 29.3 Å². The summed E-state index contributed by atoms with van der Waals surface area (Å²) in [6.07, 6.45) is 0. The number of benzene rings is 2. The molecule has 0 N–H and O–H groups in total. The van der Waals surface area contributed by atoms with Gasteiger partial charge in [-0.25, -0.2) is 0 Å². The third-order valence-corrected chi connectivity index (χ3v) is 5.03. The van der Waals surface area contributed by atoms with Crippen LogP contribution < -0.4 is 14.4 Å². The molecule has 26 heavy (non-hydrogen) atoms. The van der Waals surface area contributed by atoms with E-state index < -0.39 is 0 Å². The molecular formula is C19H20Cl2N2O3. The molecule has 0 radical (unpaired) electrons. The van der Waals surface area contributed by atoms with Crippen LogP contribution in [0.4, 0.5) is 5.69 Å². The molecule has 0 aromatic heterocycles. The van der Waals surface area contributed by atoms with E-state index in [1.54, 1.807) is 32.4 Å². The Kier molecular flexibility index (Phi) is 5.79. The van der Waals surface area contributed by atoms with Gasteiger partial charge in [0.1, 0.15) is 11.5 Å². The van der Waals surface area contributed by atoms with Gasteiger partial charge in [-0.2, -0.15) is 0 Å². The number of piperazine rings is 1. The van der Waals surface area contributed by atoms with Crippen LogP contribution in [-0.4, -0.2) is 51.2 Å². The summed E-state index contributed by atoms with van der Waals surface area (Å²) in [7, 11) is 3.13. The van der Waals surface area contributed by atoms with Gasteiger partial charge in [-0.3, -0.25) is 4.79 Å². The van der Waals surface area contributed by atoms with Gasteiger partial charge in [-0.05, 0) is 24.3 Å². The Hall–Kier alpha value is -2.11. The minimum atomic E-state index is -0.0490. The first kappa shape index (κ1) is 18.7. The number of ether oxygens (including phenoxy) is 2. The minimum absolute atomic E-state index is 0.0490. The van der Waals surface area contributed by atoms with Crippen molar-refractivity contribution in [1.29, 1.82) is 0 Å². The lowest BCUT2D eigenvalue weighted by atomic mass is 10.1. The molecule has 0 aliphatic carbocycles. The Morgan fingerprint density at radius 1 is 0.923 bits per heavy atom. The zero-order chi connectivity index (χ0) is 18.7. The molecule has 0 unspecified atom stereocenters. The Bertz CT molecular complexity index is 763. The zero-order valence-electron chi connectivity index (χ0n) is 14.7. The van der Waals surface area contributed by atoms with Crippen molar-refractivity contribution >= 4 is 34.8 Å². The number of methoxy groups -OCH3 is 2. The van der Waals surface area contributed by atoms with Crippen molar-refractivity contribution in [3.8, 4) is 11.5 Å². The zero-order valence-corrected chi connectivity index (χ0v) is 16.2. The average molecular weight is 395 g/mol. The first-order valence-electron chi connectivity index (χ1n) is 8.25. The minimum Gasteiger partial charge on any atom is -0.497 e. The maximum Gasteiger partial charge on any atom is 0.254 e. The van der Waals surface area contributed by atoms with Gasteiger partial charge in [-0.15, -0.1) is 0 Å². The van der Waals surface area contributed by atoms with Crippen molar-refractivity contribution in [1.82, 2.24) is 4.90 Å². The monoisotopic (exact) mass is 394 g/mol. The molecule has 0 spiro atoms. The summed E-state index contributed by atoms with van der Waals surface area (Å²) in [5.41, 5.74) is 1.37. The summed E-state index contributed by atoms with van der Waals surface area (Å²) >= 11 is 12.6. The van der Waals surface area contributed by atoms with Crippen LogP contribution in [0, 0.1) is 0 Å². The molecule has 0 bridgehead atoms. The highest BCUT2D eigenvalue weighted by Crippen LogP contribution is 2.34. The number of para-hydroxylation sites is 1. The van der Waals surface area contributed by atoms with E-state index in [0.717, 1.165) is 5.69 Å². The SMILES string of the molecule is COc1cc(OC)cc(C(=O)N2CCN(c3c(Cl)cccc3Cl)CC2)c1. The van der Waals surface area contributed by atoms with E-state index in [4.69, 9.17) is 32.7 Å². The van der Waals surface area contributed by atoms with Crippen molar-refractivity contribution in [3.63, 3.8) is 0 Å². The topological polar surface area (TPSA) is 42.0 Å². The summed E-state index contributed by atoms with van der Waals surface area (Å²) in [4.78, 5) is 16.8. The molecule has 2 aromatic rings. The van der Waals surface area contributed by atoms with Crippen molar-refractivity contribution in [2.75, 3.05) is 45.3 Å². The first-order valence-corrected chi connectivity index (χ1v) is 9.00. The number of anilines is 1. The molecule has 7 heteroatoms. The molecule has 1 aliphatic heterocycles. The number of amides is 1. The molecule has 0 atom stereocenters. The summed E-state index contributed by atoms with van der Waals surface area (Å²) < 4.78 is 10.5. The number of rotatable bonds is 4. The average Bonchev–Trinajstić information content (AvgIpc) is 2.67. The van der Waals surface area contributed by atoms with Crippen molar-refractivity contribution < 1.29 is 14.3 Å². The Balaban J connectivity index is 1.73. The largest absolute Gasteiger partial charge is 0.497 e. The van der Waals surface area contributed by atoms with E-state index in [0.29, 0.717) is 53.3 Å². The predicted octanol–water partition coefficient (Wildman–Crippen LogP) is 3.97. The fraction of sp³-hybridized carbons (Fsp3) is 0.316. The molecule has 1 fully saturated rings. The fourth-order valence-electron chi connectivity index (χ4n) is 3.04. The van der Waals surface area contributed by atoms with Crippen LogP contribution in [0.5, 0.6) is 11.5 Å². The van der Waals surface area contributed by atoms with E-state index in [-0.39, 0.29) is 5.91 Å². The van der Waals surface area contributed by atoms with Crippen LogP contribution in [-0.2, 0) is 0 Å². The molecule has 5 nitrogen and oxygen atoms in total. The van der Waals surface area contributed by atoms with Gasteiger partial charge in [0.05, 0.1) is 30.0 Å².